The summed E-state index contributed by atoms with van der Waals surface area (Å²) in [6.07, 6.45) is 3.79. The molecule has 2 aromatic carbocycles. The van der Waals surface area contributed by atoms with Crippen LogP contribution in [0.25, 0.3) is 0 Å². The molecule has 7 heteroatoms. The lowest BCUT2D eigenvalue weighted by Gasteiger charge is -2.30. The van der Waals surface area contributed by atoms with Gasteiger partial charge in [-0.25, -0.2) is 0 Å². The molecular formula is C24H23N3O4. The second-order valence-corrected chi connectivity index (χ2v) is 7.23. The van der Waals surface area contributed by atoms with Gasteiger partial charge in [0, 0.05) is 30.2 Å². The number of nitrogens with one attached hydrogen (secondary N) is 1. The molecule has 1 aromatic heterocycles. The molecule has 0 saturated carbocycles. The van der Waals surface area contributed by atoms with Gasteiger partial charge in [-0.15, -0.1) is 0 Å². The molecule has 0 bridgehead atoms. The Balaban J connectivity index is 1.42. The third-order valence-corrected chi connectivity index (χ3v) is 4.89. The zero-order valence-corrected chi connectivity index (χ0v) is 17.2. The van der Waals surface area contributed by atoms with Crippen molar-refractivity contribution < 1.29 is 19.1 Å². The monoisotopic (exact) mass is 417 g/mol. The van der Waals surface area contributed by atoms with Crippen LogP contribution in [0.3, 0.4) is 0 Å². The van der Waals surface area contributed by atoms with Gasteiger partial charge < -0.3 is 19.7 Å². The molecule has 2 heterocycles. The van der Waals surface area contributed by atoms with Crippen LogP contribution in [-0.4, -0.2) is 36.6 Å². The number of anilines is 2. The number of carbonyl (C=O) groups is 2. The predicted octanol–water partition coefficient (Wildman–Crippen LogP) is 3.84. The number of ether oxygens (including phenoxy) is 2. The molecule has 1 aliphatic rings. The van der Waals surface area contributed by atoms with Gasteiger partial charge in [-0.05, 0) is 61.4 Å². The molecule has 7 nitrogen and oxygen atoms in total. The van der Waals surface area contributed by atoms with Crippen LogP contribution in [0.5, 0.6) is 11.5 Å². The average molecular weight is 417 g/mol. The predicted molar refractivity (Wildman–Crippen MR) is 118 cm³/mol. The van der Waals surface area contributed by atoms with Crippen LogP contribution >= 0.6 is 0 Å². The fourth-order valence-corrected chi connectivity index (χ4v) is 3.35. The molecular weight excluding hydrogens is 394 g/mol. The van der Waals surface area contributed by atoms with E-state index in [2.05, 4.69) is 10.3 Å². The maximum Gasteiger partial charge on any atom is 0.265 e. The van der Waals surface area contributed by atoms with Crippen molar-refractivity contribution in [3.8, 4) is 11.5 Å². The smallest absolute Gasteiger partial charge is 0.265 e. The van der Waals surface area contributed by atoms with Crippen LogP contribution in [0.4, 0.5) is 11.4 Å². The number of hydrogen-bond acceptors (Lipinski definition) is 5. The maximum atomic E-state index is 12.5. The quantitative estimate of drug-likeness (QED) is 0.591. The van der Waals surface area contributed by atoms with Crippen molar-refractivity contribution in [3.63, 3.8) is 0 Å². The first-order valence-electron chi connectivity index (χ1n) is 10.1. The number of carbonyl (C=O) groups excluding carboxylic acids is 2. The van der Waals surface area contributed by atoms with Crippen LogP contribution in [-0.2, 0) is 4.79 Å². The summed E-state index contributed by atoms with van der Waals surface area (Å²) >= 11 is 0. The molecule has 0 fully saturated rings. The zero-order valence-electron chi connectivity index (χ0n) is 17.2. The Bertz CT molecular complexity index is 1090. The molecule has 2 amide bonds. The van der Waals surface area contributed by atoms with Gasteiger partial charge >= 0.3 is 0 Å². The minimum absolute atomic E-state index is 0.00550. The summed E-state index contributed by atoms with van der Waals surface area (Å²) in [6.45, 7) is 2.99. The van der Waals surface area contributed by atoms with E-state index >= 15 is 0 Å². The standard InChI is InChI=1S/C24H23N3O4/c1-17-4-2-5-20(14-17)30-13-3-12-27-21-15-19(6-7-22(21)31-16-23(27)28)26-24(29)18-8-10-25-11-9-18/h2,4-11,14-15H,3,12-13,16H2,1H3,(H,26,29). The van der Waals surface area contributed by atoms with Gasteiger partial charge in [-0.1, -0.05) is 12.1 Å². The summed E-state index contributed by atoms with van der Waals surface area (Å²) in [5, 5.41) is 2.85. The van der Waals surface area contributed by atoms with Crippen molar-refractivity contribution >= 4 is 23.2 Å². The summed E-state index contributed by atoms with van der Waals surface area (Å²) in [6, 6.07) is 16.4. The molecule has 0 radical (unpaired) electrons. The fraction of sp³-hybridized carbons (Fsp3) is 0.208. The third kappa shape index (κ3) is 5.01. The molecule has 1 N–H and O–H groups in total. The largest absolute Gasteiger partial charge is 0.494 e. The number of hydrogen-bond donors (Lipinski definition) is 1. The fourth-order valence-electron chi connectivity index (χ4n) is 3.35. The normalized spacial score (nSPS) is 12.7. The van der Waals surface area contributed by atoms with Gasteiger partial charge in [0.25, 0.3) is 11.8 Å². The number of rotatable bonds is 7. The number of aromatic nitrogens is 1. The molecule has 158 valence electrons. The number of aryl methyl sites for hydroxylation is 1. The highest BCUT2D eigenvalue weighted by Crippen LogP contribution is 2.34. The summed E-state index contributed by atoms with van der Waals surface area (Å²) in [7, 11) is 0. The Labute approximate surface area is 180 Å². The van der Waals surface area contributed by atoms with Gasteiger partial charge in [0.1, 0.15) is 11.5 Å². The van der Waals surface area contributed by atoms with Crippen molar-refractivity contribution in [2.45, 2.75) is 13.3 Å². The van der Waals surface area contributed by atoms with Crippen molar-refractivity contribution in [3.05, 3.63) is 78.1 Å². The van der Waals surface area contributed by atoms with Crippen LogP contribution in [0.2, 0.25) is 0 Å². The van der Waals surface area contributed by atoms with E-state index in [0.29, 0.717) is 42.3 Å². The first kappa shape index (κ1) is 20.4. The number of amides is 2. The highest BCUT2D eigenvalue weighted by molar-refractivity contribution is 6.05. The second-order valence-electron chi connectivity index (χ2n) is 7.23. The summed E-state index contributed by atoms with van der Waals surface area (Å²) < 4.78 is 11.4. The Morgan fingerprint density at radius 3 is 2.81 bits per heavy atom. The van der Waals surface area contributed by atoms with Crippen molar-refractivity contribution in [1.82, 2.24) is 4.98 Å². The Kier molecular flexibility index (Phi) is 6.12. The van der Waals surface area contributed by atoms with Gasteiger partial charge in [0.05, 0.1) is 12.3 Å². The van der Waals surface area contributed by atoms with Gasteiger partial charge in [0.15, 0.2) is 6.61 Å². The van der Waals surface area contributed by atoms with Gasteiger partial charge in [-0.3, -0.25) is 14.6 Å². The minimum atomic E-state index is -0.247. The van der Waals surface area contributed by atoms with Crippen molar-refractivity contribution in [2.24, 2.45) is 0 Å². The number of nitrogens with zero attached hydrogens (tertiary/aromatic N) is 2. The van der Waals surface area contributed by atoms with E-state index in [9.17, 15) is 9.59 Å². The highest BCUT2D eigenvalue weighted by atomic mass is 16.5. The molecule has 0 unspecified atom stereocenters. The van der Waals surface area contributed by atoms with Gasteiger partial charge in [0.2, 0.25) is 0 Å². The molecule has 0 atom stereocenters. The highest BCUT2D eigenvalue weighted by Gasteiger charge is 2.25. The van der Waals surface area contributed by atoms with Crippen LogP contribution in [0.1, 0.15) is 22.3 Å². The molecule has 0 spiro atoms. The van der Waals surface area contributed by atoms with Crippen LogP contribution in [0.15, 0.2) is 67.0 Å². The first-order valence-corrected chi connectivity index (χ1v) is 10.1. The van der Waals surface area contributed by atoms with Crippen LogP contribution < -0.4 is 19.7 Å². The second kappa shape index (κ2) is 9.30. The molecule has 3 aromatic rings. The molecule has 0 aliphatic carbocycles. The SMILES string of the molecule is Cc1cccc(OCCCN2C(=O)COc3ccc(NC(=O)c4ccncc4)cc32)c1. The third-order valence-electron chi connectivity index (χ3n) is 4.89. The topological polar surface area (TPSA) is 80.8 Å². The Hall–Kier alpha value is -3.87. The van der Waals surface area contributed by atoms with Gasteiger partial charge in [-0.2, -0.15) is 0 Å². The Morgan fingerprint density at radius 1 is 1.16 bits per heavy atom. The summed E-state index contributed by atoms with van der Waals surface area (Å²) in [4.78, 5) is 30.5. The van der Waals surface area contributed by atoms with E-state index in [1.54, 1.807) is 47.6 Å². The van der Waals surface area contributed by atoms with E-state index < -0.39 is 0 Å². The van der Waals surface area contributed by atoms with E-state index in [-0.39, 0.29) is 18.4 Å². The van der Waals surface area contributed by atoms with E-state index in [4.69, 9.17) is 9.47 Å². The van der Waals surface area contributed by atoms with E-state index in [0.717, 1.165) is 11.3 Å². The van der Waals surface area contributed by atoms with Crippen LogP contribution in [0, 0.1) is 6.92 Å². The Morgan fingerprint density at radius 2 is 2.00 bits per heavy atom. The van der Waals surface area contributed by atoms with Crippen molar-refractivity contribution in [2.75, 3.05) is 30.0 Å². The number of fused-ring (bicyclic) bond motifs is 1. The summed E-state index contributed by atoms with van der Waals surface area (Å²) in [5.41, 5.74) is 2.86. The lowest BCUT2D eigenvalue weighted by molar-refractivity contribution is -0.121. The van der Waals surface area contributed by atoms with Crippen molar-refractivity contribution in [1.29, 1.82) is 0 Å². The molecule has 31 heavy (non-hydrogen) atoms. The first-order chi connectivity index (χ1) is 15.1. The lowest BCUT2D eigenvalue weighted by Crippen LogP contribution is -2.39. The molecule has 1 aliphatic heterocycles. The summed E-state index contributed by atoms with van der Waals surface area (Å²) in [5.74, 6) is 1.06. The van der Waals surface area contributed by atoms with E-state index in [1.165, 1.54) is 0 Å². The number of benzene rings is 2. The number of pyridine rings is 1. The minimum Gasteiger partial charge on any atom is -0.494 e. The lowest BCUT2D eigenvalue weighted by atomic mass is 10.2. The molecule has 0 saturated heterocycles. The maximum absolute atomic E-state index is 12.5. The molecule has 4 rings (SSSR count). The zero-order chi connectivity index (χ0) is 21.6. The van der Waals surface area contributed by atoms with E-state index in [1.807, 2.05) is 31.2 Å². The average Bonchev–Trinajstić information content (AvgIpc) is 2.78.